The molecule has 0 radical (unpaired) electrons. The molecular formula is C11H15ClN2O3S. The van der Waals surface area contributed by atoms with E-state index in [-0.39, 0.29) is 22.1 Å². The number of sulfonamides is 1. The van der Waals surface area contributed by atoms with Gasteiger partial charge in [0.05, 0.1) is 17.2 Å². The Balaban J connectivity index is 2.34. The lowest BCUT2D eigenvalue weighted by atomic mass is 10.2. The summed E-state index contributed by atoms with van der Waals surface area (Å²) < 4.78 is 31.6. The molecular weight excluding hydrogens is 276 g/mol. The summed E-state index contributed by atoms with van der Waals surface area (Å²) in [6.07, 6.45) is 3.31. The van der Waals surface area contributed by atoms with Crippen molar-refractivity contribution in [3.63, 3.8) is 0 Å². The minimum atomic E-state index is -3.63. The Hall–Kier alpha value is -0.690. The first-order valence-electron chi connectivity index (χ1n) is 5.63. The molecule has 0 spiro atoms. The molecule has 1 saturated heterocycles. The Bertz CT molecular complexity index is 535. The van der Waals surface area contributed by atoms with Crippen LogP contribution in [0.3, 0.4) is 0 Å². The van der Waals surface area contributed by atoms with Crippen LogP contribution in [0.15, 0.2) is 23.4 Å². The Morgan fingerprint density at radius 2 is 2.28 bits per heavy atom. The number of hydrogen-bond donors (Lipinski definition) is 0. The zero-order valence-corrected chi connectivity index (χ0v) is 11.8. The van der Waals surface area contributed by atoms with Crippen molar-refractivity contribution in [2.24, 2.45) is 0 Å². The molecule has 18 heavy (non-hydrogen) atoms. The van der Waals surface area contributed by atoms with Gasteiger partial charge in [-0.3, -0.25) is 4.98 Å². The van der Waals surface area contributed by atoms with E-state index in [9.17, 15) is 8.42 Å². The van der Waals surface area contributed by atoms with Crippen LogP contribution in [0.5, 0.6) is 0 Å². The van der Waals surface area contributed by atoms with Crippen molar-refractivity contribution < 1.29 is 13.2 Å². The third kappa shape index (κ3) is 2.38. The second-order valence-corrected chi connectivity index (χ2v) is 6.63. The summed E-state index contributed by atoms with van der Waals surface area (Å²) in [4.78, 5) is 3.85. The van der Waals surface area contributed by atoms with Gasteiger partial charge in [0.2, 0.25) is 10.0 Å². The molecule has 0 saturated carbocycles. The molecule has 2 heterocycles. The molecule has 0 amide bonds. The molecule has 1 aliphatic rings. The molecule has 0 aromatic carbocycles. The summed E-state index contributed by atoms with van der Waals surface area (Å²) in [5, 5.41) is 0.184. The second-order valence-electron chi connectivity index (χ2n) is 4.26. The average Bonchev–Trinajstić information content (AvgIpc) is 2.74. The molecule has 7 heteroatoms. The number of likely N-dealkylation sites (N-methyl/N-ethyl adjacent to an activating group) is 1. The van der Waals surface area contributed by atoms with Gasteiger partial charge < -0.3 is 4.74 Å². The van der Waals surface area contributed by atoms with E-state index in [0.717, 1.165) is 0 Å². The molecule has 1 aliphatic heterocycles. The average molecular weight is 291 g/mol. The number of aromatic nitrogens is 1. The second kappa shape index (κ2) is 5.13. The van der Waals surface area contributed by atoms with E-state index in [1.54, 1.807) is 7.05 Å². The lowest BCUT2D eigenvalue weighted by Crippen LogP contribution is -2.41. The Kier molecular flexibility index (Phi) is 3.91. The number of hydrogen-bond acceptors (Lipinski definition) is 4. The highest BCUT2D eigenvalue weighted by molar-refractivity contribution is 7.89. The van der Waals surface area contributed by atoms with Crippen molar-refractivity contribution in [1.29, 1.82) is 0 Å². The highest BCUT2D eigenvalue weighted by Gasteiger charge is 2.36. The first-order valence-corrected chi connectivity index (χ1v) is 7.45. The molecule has 5 nitrogen and oxygen atoms in total. The van der Waals surface area contributed by atoms with Crippen LogP contribution in [0.1, 0.15) is 13.3 Å². The third-order valence-electron chi connectivity index (χ3n) is 3.19. The first kappa shape index (κ1) is 13.7. The van der Waals surface area contributed by atoms with Gasteiger partial charge in [-0.1, -0.05) is 11.6 Å². The van der Waals surface area contributed by atoms with E-state index in [0.29, 0.717) is 13.0 Å². The number of nitrogens with zero attached hydrogens (tertiary/aromatic N) is 2. The topological polar surface area (TPSA) is 59.5 Å². The summed E-state index contributed by atoms with van der Waals surface area (Å²) in [5.74, 6) is 0. The molecule has 100 valence electrons. The third-order valence-corrected chi connectivity index (χ3v) is 5.55. The predicted molar refractivity (Wildman–Crippen MR) is 68.0 cm³/mol. The number of rotatable bonds is 3. The predicted octanol–water partition coefficient (Wildman–Crippen LogP) is 1.53. The molecule has 0 bridgehead atoms. The van der Waals surface area contributed by atoms with Gasteiger partial charge in [-0.05, 0) is 19.4 Å². The van der Waals surface area contributed by atoms with Crippen LogP contribution in [0.4, 0.5) is 0 Å². The fourth-order valence-corrected chi connectivity index (χ4v) is 3.93. The Morgan fingerprint density at radius 3 is 2.83 bits per heavy atom. The quantitative estimate of drug-likeness (QED) is 0.847. The minimum Gasteiger partial charge on any atom is -0.377 e. The maximum Gasteiger partial charge on any atom is 0.246 e. The first-order chi connectivity index (χ1) is 8.44. The van der Waals surface area contributed by atoms with Crippen molar-refractivity contribution in [1.82, 2.24) is 9.29 Å². The van der Waals surface area contributed by atoms with Gasteiger partial charge in [0, 0.05) is 26.0 Å². The number of ether oxygens (including phenoxy) is 1. The SMILES string of the molecule is CC1OCCC1N(C)S(=O)(=O)c1cnccc1Cl. The van der Waals surface area contributed by atoms with Gasteiger partial charge in [-0.15, -0.1) is 0 Å². The fourth-order valence-electron chi connectivity index (χ4n) is 2.08. The Morgan fingerprint density at radius 1 is 1.56 bits per heavy atom. The van der Waals surface area contributed by atoms with Crippen LogP contribution in [0.25, 0.3) is 0 Å². The van der Waals surface area contributed by atoms with E-state index in [4.69, 9.17) is 16.3 Å². The molecule has 2 unspecified atom stereocenters. The molecule has 2 rings (SSSR count). The van der Waals surface area contributed by atoms with E-state index < -0.39 is 10.0 Å². The number of pyridine rings is 1. The van der Waals surface area contributed by atoms with Crippen molar-refractivity contribution in [3.05, 3.63) is 23.5 Å². The van der Waals surface area contributed by atoms with Gasteiger partial charge in [0.25, 0.3) is 0 Å². The minimum absolute atomic E-state index is 0.0354. The fraction of sp³-hybridized carbons (Fsp3) is 0.545. The highest BCUT2D eigenvalue weighted by atomic mass is 35.5. The highest BCUT2D eigenvalue weighted by Crippen LogP contribution is 2.27. The van der Waals surface area contributed by atoms with Gasteiger partial charge in [0.1, 0.15) is 4.90 Å². The van der Waals surface area contributed by atoms with Crippen LogP contribution in [0.2, 0.25) is 5.02 Å². The zero-order chi connectivity index (χ0) is 13.3. The van der Waals surface area contributed by atoms with Gasteiger partial charge in [-0.25, -0.2) is 8.42 Å². The summed E-state index contributed by atoms with van der Waals surface area (Å²) in [5.41, 5.74) is 0. The smallest absolute Gasteiger partial charge is 0.246 e. The van der Waals surface area contributed by atoms with Gasteiger partial charge in [-0.2, -0.15) is 4.31 Å². The van der Waals surface area contributed by atoms with Crippen molar-refractivity contribution in [2.45, 2.75) is 30.4 Å². The van der Waals surface area contributed by atoms with Gasteiger partial charge in [0.15, 0.2) is 0 Å². The maximum atomic E-state index is 12.4. The Labute approximate surface area is 112 Å². The number of halogens is 1. The molecule has 1 aromatic rings. The summed E-state index contributed by atoms with van der Waals surface area (Å²) in [7, 11) is -2.08. The van der Waals surface area contributed by atoms with Crippen LogP contribution >= 0.6 is 11.6 Å². The largest absolute Gasteiger partial charge is 0.377 e. The zero-order valence-electron chi connectivity index (χ0n) is 10.2. The lowest BCUT2D eigenvalue weighted by Gasteiger charge is -2.26. The molecule has 1 fully saturated rings. The lowest BCUT2D eigenvalue weighted by molar-refractivity contribution is 0.102. The van der Waals surface area contributed by atoms with E-state index in [1.807, 2.05) is 6.92 Å². The van der Waals surface area contributed by atoms with Crippen LogP contribution in [-0.4, -0.2) is 43.5 Å². The van der Waals surface area contributed by atoms with Crippen molar-refractivity contribution in [3.8, 4) is 0 Å². The van der Waals surface area contributed by atoms with E-state index >= 15 is 0 Å². The van der Waals surface area contributed by atoms with E-state index in [1.165, 1.54) is 22.8 Å². The van der Waals surface area contributed by atoms with Crippen molar-refractivity contribution >= 4 is 21.6 Å². The van der Waals surface area contributed by atoms with Crippen LogP contribution < -0.4 is 0 Å². The summed E-state index contributed by atoms with van der Waals surface area (Å²) in [6.45, 7) is 2.45. The summed E-state index contributed by atoms with van der Waals surface area (Å²) in [6, 6.07) is 1.31. The standard InChI is InChI=1S/C11H15ClN2O3S/c1-8-10(4-6-17-8)14(2)18(15,16)11-7-13-5-3-9(11)12/h3,5,7-8,10H,4,6H2,1-2H3. The molecule has 0 aliphatic carbocycles. The molecule has 1 aromatic heterocycles. The van der Waals surface area contributed by atoms with Crippen LogP contribution in [-0.2, 0) is 14.8 Å². The summed E-state index contributed by atoms with van der Waals surface area (Å²) >= 11 is 5.92. The molecule has 0 N–H and O–H groups in total. The van der Waals surface area contributed by atoms with Crippen LogP contribution in [0, 0.1) is 0 Å². The van der Waals surface area contributed by atoms with Gasteiger partial charge >= 0.3 is 0 Å². The monoisotopic (exact) mass is 290 g/mol. The van der Waals surface area contributed by atoms with E-state index in [2.05, 4.69) is 4.98 Å². The van der Waals surface area contributed by atoms with Crippen molar-refractivity contribution in [2.75, 3.05) is 13.7 Å². The molecule has 2 atom stereocenters. The normalized spacial score (nSPS) is 24.7. The maximum absolute atomic E-state index is 12.4.